The van der Waals surface area contributed by atoms with E-state index in [9.17, 15) is 4.79 Å². The molecule has 25 heavy (non-hydrogen) atoms. The van der Waals surface area contributed by atoms with Crippen molar-refractivity contribution >= 4 is 45.3 Å². The molecule has 0 saturated heterocycles. The molecular weight excluding hydrogens is 404 g/mol. The fourth-order valence-corrected chi connectivity index (χ4v) is 2.97. The highest BCUT2D eigenvalue weighted by Gasteiger charge is 2.14. The largest absolute Gasteiger partial charge is 0.294 e. The topological polar surface area (TPSA) is 51.0 Å². The number of unbranched alkanes of at least 4 members (excludes halogenated alkanes) is 1. The number of carbonyl (C=O) groups is 1. The van der Waals surface area contributed by atoms with E-state index in [2.05, 4.69) is 32.9 Å². The van der Waals surface area contributed by atoms with Crippen LogP contribution < -0.4 is 4.90 Å². The quantitative estimate of drug-likeness (QED) is 0.595. The predicted octanol–water partition coefficient (Wildman–Crippen LogP) is 4.87. The van der Waals surface area contributed by atoms with E-state index >= 15 is 0 Å². The monoisotopic (exact) mass is 424 g/mol. The number of hydrogen-bond acceptors (Lipinski definition) is 3. The Balaban J connectivity index is 2.18. The molecule has 0 saturated carbocycles. The van der Waals surface area contributed by atoms with Crippen molar-refractivity contribution in [1.29, 1.82) is 0 Å². The first-order valence-corrected chi connectivity index (χ1v) is 9.49. The normalized spacial score (nSPS) is 11.2. The molecule has 0 radical (unpaired) electrons. The third-order valence-corrected chi connectivity index (χ3v) is 4.66. The molecule has 2 heterocycles. The summed E-state index contributed by atoms with van der Waals surface area (Å²) in [4.78, 5) is 18.4. The lowest BCUT2D eigenvalue weighted by atomic mass is 10.2. The summed E-state index contributed by atoms with van der Waals surface area (Å²) in [6, 6.07) is 3.67. The smallest absolute Gasteiger partial charge is 0.252 e. The Bertz CT molecular complexity index is 755. The first kappa shape index (κ1) is 19.7. The highest BCUT2D eigenvalue weighted by atomic mass is 79.9. The van der Waals surface area contributed by atoms with Crippen LogP contribution in [0.2, 0.25) is 5.15 Å². The zero-order chi connectivity index (χ0) is 18.4. The zero-order valence-corrected chi connectivity index (χ0v) is 17.0. The van der Waals surface area contributed by atoms with E-state index in [1.807, 2.05) is 19.9 Å². The van der Waals surface area contributed by atoms with Gasteiger partial charge in [0.15, 0.2) is 0 Å². The lowest BCUT2D eigenvalue weighted by molar-refractivity contribution is -0.114. The van der Waals surface area contributed by atoms with Gasteiger partial charge in [0.1, 0.15) is 11.0 Å². The fraction of sp³-hybridized carbons (Fsp3) is 0.389. The van der Waals surface area contributed by atoms with Crippen molar-refractivity contribution in [2.24, 2.45) is 0 Å². The van der Waals surface area contributed by atoms with E-state index in [4.69, 9.17) is 11.6 Å². The number of pyridine rings is 1. The number of aryl methyl sites for hydroxylation is 2. The number of carbonyl (C=O) groups excluding carboxylic acids is 1. The molecule has 0 aliphatic carbocycles. The Morgan fingerprint density at radius 2 is 2.16 bits per heavy atom. The summed E-state index contributed by atoms with van der Waals surface area (Å²) in [7, 11) is 0. The van der Waals surface area contributed by atoms with Crippen molar-refractivity contribution in [2.75, 3.05) is 11.4 Å². The van der Waals surface area contributed by atoms with Crippen LogP contribution in [0.5, 0.6) is 0 Å². The maximum Gasteiger partial charge on any atom is 0.252 e. The Hall–Kier alpha value is -1.66. The molecule has 5 nitrogen and oxygen atoms in total. The standard InChI is InChI=1S/C18H22BrClN4O/c1-4-6-11-24-18(20)15(13(3)22-24)8-10-17(25)23(5-2)16-9-7-14(19)12-21-16/h7-10,12H,4-6,11H2,1-3H3/b10-8+. The second-order valence-corrected chi connectivity index (χ2v) is 6.89. The summed E-state index contributed by atoms with van der Waals surface area (Å²) in [6.45, 7) is 7.24. The molecule has 0 aliphatic rings. The highest BCUT2D eigenvalue weighted by Crippen LogP contribution is 2.22. The van der Waals surface area contributed by atoms with E-state index in [-0.39, 0.29) is 5.91 Å². The van der Waals surface area contributed by atoms with Crippen LogP contribution in [-0.2, 0) is 11.3 Å². The van der Waals surface area contributed by atoms with E-state index in [0.717, 1.165) is 35.1 Å². The van der Waals surface area contributed by atoms with Gasteiger partial charge in [0.2, 0.25) is 0 Å². The summed E-state index contributed by atoms with van der Waals surface area (Å²) in [6.07, 6.45) is 7.02. The summed E-state index contributed by atoms with van der Waals surface area (Å²) in [5.74, 6) is 0.468. The average Bonchev–Trinajstić information content (AvgIpc) is 2.87. The van der Waals surface area contributed by atoms with E-state index in [1.54, 1.807) is 27.9 Å². The number of rotatable bonds is 7. The molecule has 1 amide bonds. The molecule has 0 aliphatic heterocycles. The van der Waals surface area contributed by atoms with E-state index in [1.165, 1.54) is 6.08 Å². The van der Waals surface area contributed by atoms with Gasteiger partial charge in [-0.25, -0.2) is 4.98 Å². The van der Waals surface area contributed by atoms with Crippen LogP contribution in [0, 0.1) is 6.92 Å². The van der Waals surface area contributed by atoms with Gasteiger partial charge < -0.3 is 0 Å². The number of nitrogens with zero attached hydrogens (tertiary/aromatic N) is 4. The number of aromatic nitrogens is 3. The number of hydrogen-bond donors (Lipinski definition) is 0. The first-order chi connectivity index (χ1) is 12.0. The molecule has 0 N–H and O–H groups in total. The van der Waals surface area contributed by atoms with Gasteiger partial charge in [0.05, 0.1) is 5.69 Å². The molecule has 0 bridgehead atoms. The summed E-state index contributed by atoms with van der Waals surface area (Å²) in [5.41, 5.74) is 1.60. The zero-order valence-electron chi connectivity index (χ0n) is 14.7. The van der Waals surface area contributed by atoms with Crippen LogP contribution in [0.3, 0.4) is 0 Å². The van der Waals surface area contributed by atoms with Gasteiger partial charge in [-0.15, -0.1) is 0 Å². The lowest BCUT2D eigenvalue weighted by Gasteiger charge is -2.17. The lowest BCUT2D eigenvalue weighted by Crippen LogP contribution is -2.29. The third-order valence-electron chi connectivity index (χ3n) is 3.80. The van der Waals surface area contributed by atoms with Crippen molar-refractivity contribution in [3.63, 3.8) is 0 Å². The van der Waals surface area contributed by atoms with Crippen LogP contribution in [0.25, 0.3) is 6.08 Å². The van der Waals surface area contributed by atoms with Gasteiger partial charge in [-0.05, 0) is 54.4 Å². The fourth-order valence-electron chi connectivity index (χ4n) is 2.42. The highest BCUT2D eigenvalue weighted by molar-refractivity contribution is 9.10. The minimum absolute atomic E-state index is 0.144. The number of amides is 1. The van der Waals surface area contributed by atoms with Gasteiger partial charge in [-0.2, -0.15) is 5.10 Å². The van der Waals surface area contributed by atoms with Crippen LogP contribution in [-0.4, -0.2) is 27.2 Å². The van der Waals surface area contributed by atoms with E-state index < -0.39 is 0 Å². The van der Waals surface area contributed by atoms with Crippen LogP contribution in [0.4, 0.5) is 5.82 Å². The predicted molar refractivity (Wildman–Crippen MR) is 106 cm³/mol. The molecule has 2 aromatic rings. The second kappa shape index (κ2) is 9.15. The van der Waals surface area contributed by atoms with Crippen molar-refractivity contribution in [1.82, 2.24) is 14.8 Å². The molecule has 2 aromatic heterocycles. The minimum atomic E-state index is -0.144. The first-order valence-electron chi connectivity index (χ1n) is 8.32. The van der Waals surface area contributed by atoms with Crippen LogP contribution in [0.1, 0.15) is 37.9 Å². The second-order valence-electron chi connectivity index (χ2n) is 5.62. The Kier molecular flexibility index (Phi) is 7.20. The molecular formula is C18H22BrClN4O. The minimum Gasteiger partial charge on any atom is -0.294 e. The van der Waals surface area contributed by atoms with Gasteiger partial charge >= 0.3 is 0 Å². The Morgan fingerprint density at radius 1 is 1.40 bits per heavy atom. The van der Waals surface area contributed by atoms with Crippen molar-refractivity contribution < 1.29 is 4.79 Å². The molecule has 0 spiro atoms. The summed E-state index contributed by atoms with van der Waals surface area (Å²) < 4.78 is 2.66. The molecule has 0 atom stereocenters. The molecule has 0 unspecified atom stereocenters. The third kappa shape index (κ3) is 4.92. The molecule has 2 rings (SSSR count). The Labute approximate surface area is 161 Å². The van der Waals surface area contributed by atoms with Crippen LogP contribution in [0.15, 0.2) is 28.9 Å². The maximum absolute atomic E-state index is 12.6. The average molecular weight is 426 g/mol. The molecule has 134 valence electrons. The van der Waals surface area contributed by atoms with Crippen molar-refractivity contribution in [3.8, 4) is 0 Å². The summed E-state index contributed by atoms with van der Waals surface area (Å²) in [5, 5.41) is 5.02. The van der Waals surface area contributed by atoms with Crippen molar-refractivity contribution in [3.05, 3.63) is 45.3 Å². The number of halogens is 2. The Morgan fingerprint density at radius 3 is 2.76 bits per heavy atom. The molecule has 7 heteroatoms. The van der Waals surface area contributed by atoms with Crippen LogP contribution >= 0.6 is 27.5 Å². The summed E-state index contributed by atoms with van der Waals surface area (Å²) >= 11 is 9.75. The molecule has 0 fully saturated rings. The van der Waals surface area contributed by atoms with Gasteiger partial charge in [0.25, 0.3) is 5.91 Å². The van der Waals surface area contributed by atoms with Crippen molar-refractivity contribution in [2.45, 2.75) is 40.2 Å². The number of anilines is 1. The van der Waals surface area contributed by atoms with Gasteiger partial charge in [-0.3, -0.25) is 14.4 Å². The van der Waals surface area contributed by atoms with E-state index in [0.29, 0.717) is 17.5 Å². The van der Waals surface area contributed by atoms with Gasteiger partial charge in [0, 0.05) is 35.4 Å². The number of likely N-dealkylation sites (N-methyl/N-ethyl adjacent to an activating group) is 1. The van der Waals surface area contributed by atoms with Gasteiger partial charge in [-0.1, -0.05) is 24.9 Å². The SMILES string of the molecule is CCCCn1nc(C)c(/C=C/C(=O)N(CC)c2ccc(Br)cn2)c1Cl. The molecule has 0 aromatic carbocycles. The maximum atomic E-state index is 12.6.